The minimum Gasteiger partial charge on any atom is -0.392 e. The molecule has 0 fully saturated rings. The topological polar surface area (TPSA) is 75.6 Å². The molecule has 0 bridgehead atoms. The van der Waals surface area contributed by atoms with Gasteiger partial charge < -0.3 is 9.84 Å². The van der Waals surface area contributed by atoms with Crippen molar-refractivity contribution < 1.29 is 18.3 Å². The highest BCUT2D eigenvalue weighted by atomic mass is 35.5. The van der Waals surface area contributed by atoms with Crippen LogP contribution in [0.5, 0.6) is 0 Å². The number of aliphatic hydroxyl groups excluding tert-OH is 1. The molecule has 0 radical (unpaired) electrons. The van der Waals surface area contributed by atoms with Gasteiger partial charge in [-0.2, -0.15) is 0 Å². The van der Waals surface area contributed by atoms with Gasteiger partial charge in [0, 0.05) is 18.2 Å². The number of halogens is 2. The lowest BCUT2D eigenvalue weighted by atomic mass is 10.2. The molecule has 1 unspecified atom stereocenters. The van der Waals surface area contributed by atoms with Gasteiger partial charge in [-0.05, 0) is 24.6 Å². The lowest BCUT2D eigenvalue weighted by Gasteiger charge is -2.15. The van der Waals surface area contributed by atoms with Crippen molar-refractivity contribution in [3.63, 3.8) is 0 Å². The quantitative estimate of drug-likeness (QED) is 0.835. The Bertz CT molecular complexity index is 548. The van der Waals surface area contributed by atoms with Crippen LogP contribution >= 0.6 is 23.2 Å². The van der Waals surface area contributed by atoms with Gasteiger partial charge in [-0.1, -0.05) is 23.2 Å². The Hall–Kier alpha value is -0.370. The average Bonchev–Trinajstić information content (AvgIpc) is 2.31. The first-order valence-corrected chi connectivity index (χ1v) is 7.65. The Labute approximate surface area is 122 Å². The number of rotatable bonds is 6. The molecule has 8 heteroatoms. The first-order valence-electron chi connectivity index (χ1n) is 5.42. The summed E-state index contributed by atoms with van der Waals surface area (Å²) in [6.07, 6.45) is 0. The maximum atomic E-state index is 12.2. The Kier molecular flexibility index (Phi) is 6.04. The summed E-state index contributed by atoms with van der Waals surface area (Å²) in [4.78, 5) is -0.159. The van der Waals surface area contributed by atoms with Gasteiger partial charge in [0.25, 0.3) is 0 Å². The summed E-state index contributed by atoms with van der Waals surface area (Å²) in [6, 6.07) is 2.24. The van der Waals surface area contributed by atoms with Gasteiger partial charge >= 0.3 is 0 Å². The maximum Gasteiger partial charge on any atom is 0.242 e. The van der Waals surface area contributed by atoms with Crippen LogP contribution in [-0.2, 0) is 21.4 Å². The Morgan fingerprint density at radius 1 is 1.42 bits per heavy atom. The Morgan fingerprint density at radius 2 is 2.05 bits per heavy atom. The summed E-state index contributed by atoms with van der Waals surface area (Å²) in [5.74, 6) is 0. The molecule has 0 amide bonds. The number of aliphatic hydroxyl groups is 1. The smallest absolute Gasteiger partial charge is 0.242 e. The van der Waals surface area contributed by atoms with Gasteiger partial charge in [0.1, 0.15) is 4.90 Å². The molecule has 108 valence electrons. The van der Waals surface area contributed by atoms with E-state index >= 15 is 0 Å². The van der Waals surface area contributed by atoms with Gasteiger partial charge in [0.2, 0.25) is 10.0 Å². The highest BCUT2D eigenvalue weighted by molar-refractivity contribution is 7.89. The average molecular weight is 328 g/mol. The van der Waals surface area contributed by atoms with E-state index in [0.29, 0.717) is 0 Å². The normalized spacial score (nSPS) is 13.5. The number of hydrogen-bond acceptors (Lipinski definition) is 4. The lowest BCUT2D eigenvalue weighted by Crippen LogP contribution is -2.35. The van der Waals surface area contributed by atoms with Crippen LogP contribution in [0.25, 0.3) is 0 Å². The first kappa shape index (κ1) is 16.7. The fourth-order valence-corrected chi connectivity index (χ4v) is 3.69. The summed E-state index contributed by atoms with van der Waals surface area (Å²) in [6.45, 7) is 1.49. The number of benzene rings is 1. The molecule has 19 heavy (non-hydrogen) atoms. The van der Waals surface area contributed by atoms with Crippen molar-refractivity contribution in [3.05, 3.63) is 27.7 Å². The van der Waals surface area contributed by atoms with E-state index in [1.807, 2.05) is 0 Å². The molecule has 0 saturated carbocycles. The van der Waals surface area contributed by atoms with Crippen molar-refractivity contribution in [3.8, 4) is 0 Å². The van der Waals surface area contributed by atoms with Crippen LogP contribution in [0.3, 0.4) is 0 Å². The van der Waals surface area contributed by atoms with Crippen LogP contribution in [0.1, 0.15) is 12.5 Å². The van der Waals surface area contributed by atoms with Gasteiger partial charge in [-0.15, -0.1) is 0 Å². The fraction of sp³-hybridized carbons (Fsp3) is 0.455. The zero-order valence-corrected chi connectivity index (χ0v) is 12.8. The largest absolute Gasteiger partial charge is 0.392 e. The molecule has 0 aliphatic rings. The molecule has 0 aliphatic heterocycles. The van der Waals surface area contributed by atoms with E-state index in [0.717, 1.165) is 0 Å². The van der Waals surface area contributed by atoms with Crippen molar-refractivity contribution in [1.82, 2.24) is 4.72 Å². The molecule has 1 atom stereocenters. The van der Waals surface area contributed by atoms with Crippen molar-refractivity contribution in [2.24, 2.45) is 0 Å². The Balaban J connectivity index is 3.18. The van der Waals surface area contributed by atoms with Crippen molar-refractivity contribution in [1.29, 1.82) is 0 Å². The molecular weight excluding hydrogens is 313 g/mol. The van der Waals surface area contributed by atoms with Crippen LogP contribution < -0.4 is 4.72 Å². The highest BCUT2D eigenvalue weighted by Gasteiger charge is 2.22. The van der Waals surface area contributed by atoms with Crippen molar-refractivity contribution in [2.75, 3.05) is 13.7 Å². The number of methoxy groups -OCH3 is 1. The van der Waals surface area contributed by atoms with E-state index in [1.54, 1.807) is 6.92 Å². The van der Waals surface area contributed by atoms with Gasteiger partial charge in [-0.3, -0.25) is 0 Å². The summed E-state index contributed by atoms with van der Waals surface area (Å²) in [5.41, 5.74) is 0.258. The third-order valence-corrected chi connectivity index (χ3v) is 4.70. The molecular formula is C11H15Cl2NO4S. The van der Waals surface area contributed by atoms with E-state index in [1.165, 1.54) is 19.2 Å². The fourth-order valence-electron chi connectivity index (χ4n) is 1.54. The summed E-state index contributed by atoms with van der Waals surface area (Å²) >= 11 is 11.8. The van der Waals surface area contributed by atoms with Crippen LogP contribution in [0.2, 0.25) is 10.0 Å². The zero-order chi connectivity index (χ0) is 14.6. The third-order valence-electron chi connectivity index (χ3n) is 2.31. The summed E-state index contributed by atoms with van der Waals surface area (Å²) in [7, 11) is -2.35. The van der Waals surface area contributed by atoms with E-state index in [2.05, 4.69) is 4.72 Å². The maximum absolute atomic E-state index is 12.2. The van der Waals surface area contributed by atoms with Gasteiger partial charge in [0.05, 0.1) is 18.2 Å². The summed E-state index contributed by atoms with van der Waals surface area (Å²) < 4.78 is 31.6. The minimum absolute atomic E-state index is 0.0379. The first-order chi connectivity index (χ1) is 8.81. The molecule has 5 nitrogen and oxygen atoms in total. The van der Waals surface area contributed by atoms with E-state index in [-0.39, 0.29) is 27.1 Å². The predicted molar refractivity (Wildman–Crippen MR) is 74.0 cm³/mol. The van der Waals surface area contributed by atoms with Crippen LogP contribution in [0.4, 0.5) is 0 Å². The lowest BCUT2D eigenvalue weighted by molar-refractivity contribution is 0.180. The predicted octanol–water partition coefficient (Wildman–Crippen LogP) is 1.80. The molecule has 1 rings (SSSR count). The molecule has 0 heterocycles. The number of ether oxygens (including phenoxy) is 1. The molecule has 2 N–H and O–H groups in total. The van der Waals surface area contributed by atoms with Crippen LogP contribution in [0.15, 0.2) is 17.0 Å². The second-order valence-corrected chi connectivity index (χ2v) is 6.51. The second kappa shape index (κ2) is 6.88. The third kappa shape index (κ3) is 4.30. The van der Waals surface area contributed by atoms with E-state index in [9.17, 15) is 8.42 Å². The van der Waals surface area contributed by atoms with Gasteiger partial charge in [0.15, 0.2) is 0 Å². The highest BCUT2D eigenvalue weighted by Crippen LogP contribution is 2.29. The number of nitrogens with one attached hydrogen (secondary N) is 1. The molecule has 0 aromatic heterocycles. The molecule has 0 aliphatic carbocycles. The monoisotopic (exact) mass is 327 g/mol. The minimum atomic E-state index is -3.82. The molecule has 1 aromatic carbocycles. The number of hydrogen-bond donors (Lipinski definition) is 2. The standard InChI is InChI=1S/C11H15Cl2NO4S/c1-7(6-18-2)14-19(16,17)10-4-9(12)3-8(5-15)11(10)13/h3-4,7,14-15H,5-6H2,1-2H3. The second-order valence-electron chi connectivity index (χ2n) is 4.01. The van der Waals surface area contributed by atoms with E-state index in [4.69, 9.17) is 33.0 Å². The molecule has 0 spiro atoms. The SMILES string of the molecule is COCC(C)NS(=O)(=O)c1cc(Cl)cc(CO)c1Cl. The molecule has 0 saturated heterocycles. The number of sulfonamides is 1. The van der Waals surface area contributed by atoms with Gasteiger partial charge in [-0.25, -0.2) is 13.1 Å². The van der Waals surface area contributed by atoms with Crippen LogP contribution in [0, 0.1) is 0 Å². The zero-order valence-electron chi connectivity index (χ0n) is 10.5. The van der Waals surface area contributed by atoms with Crippen LogP contribution in [-0.4, -0.2) is 33.3 Å². The Morgan fingerprint density at radius 3 is 2.58 bits per heavy atom. The van der Waals surface area contributed by atoms with E-state index < -0.39 is 22.7 Å². The molecule has 1 aromatic rings. The van der Waals surface area contributed by atoms with Crippen molar-refractivity contribution in [2.45, 2.75) is 24.5 Å². The summed E-state index contributed by atoms with van der Waals surface area (Å²) in [5, 5.41) is 9.27. The van der Waals surface area contributed by atoms with Crippen molar-refractivity contribution >= 4 is 33.2 Å².